The minimum atomic E-state index is 0.538. The maximum Gasteiger partial charge on any atom is 0.0670 e. The van der Waals surface area contributed by atoms with Gasteiger partial charge in [0, 0.05) is 13.2 Å². The molecule has 0 saturated carbocycles. The fourth-order valence-corrected chi connectivity index (χ4v) is 2.65. The fourth-order valence-electron chi connectivity index (χ4n) is 2.65. The summed E-state index contributed by atoms with van der Waals surface area (Å²) < 4.78 is 5.44. The van der Waals surface area contributed by atoms with Gasteiger partial charge < -0.3 is 15.4 Å². The van der Waals surface area contributed by atoms with Crippen molar-refractivity contribution in [1.82, 2.24) is 0 Å². The third-order valence-electron chi connectivity index (χ3n) is 3.41. The molecule has 1 unspecified atom stereocenters. The van der Waals surface area contributed by atoms with Crippen LogP contribution in [0.25, 0.3) is 0 Å². The summed E-state index contributed by atoms with van der Waals surface area (Å²) in [5, 5.41) is 0. The highest BCUT2D eigenvalue weighted by Gasteiger charge is 2.29. The number of benzene rings is 1. The Bertz CT molecular complexity index is 372. The van der Waals surface area contributed by atoms with Crippen molar-refractivity contribution in [3.05, 3.63) is 23.8 Å². The molecule has 2 heterocycles. The molecule has 3 nitrogen and oxygen atoms in total. The highest BCUT2D eigenvalue weighted by Crippen LogP contribution is 2.36. The summed E-state index contributed by atoms with van der Waals surface area (Å²) in [6, 6.07) is 6.76. The molecule has 80 valence electrons. The average molecular weight is 204 g/mol. The van der Waals surface area contributed by atoms with E-state index >= 15 is 0 Å². The van der Waals surface area contributed by atoms with Crippen molar-refractivity contribution in [1.29, 1.82) is 0 Å². The van der Waals surface area contributed by atoms with Crippen molar-refractivity contribution in [3.8, 4) is 0 Å². The van der Waals surface area contributed by atoms with E-state index in [0.29, 0.717) is 6.04 Å². The van der Waals surface area contributed by atoms with E-state index in [2.05, 4.69) is 11.0 Å². The van der Waals surface area contributed by atoms with E-state index in [9.17, 15) is 0 Å². The van der Waals surface area contributed by atoms with Gasteiger partial charge in [-0.2, -0.15) is 0 Å². The molecule has 0 bridgehead atoms. The first-order valence-electron chi connectivity index (χ1n) is 5.58. The van der Waals surface area contributed by atoms with E-state index in [1.807, 2.05) is 12.1 Å². The number of hydrogen-bond acceptors (Lipinski definition) is 3. The summed E-state index contributed by atoms with van der Waals surface area (Å²) in [7, 11) is 0. The van der Waals surface area contributed by atoms with Gasteiger partial charge in [0.25, 0.3) is 0 Å². The Hall–Kier alpha value is -1.22. The van der Waals surface area contributed by atoms with Crippen molar-refractivity contribution in [3.63, 3.8) is 0 Å². The van der Waals surface area contributed by atoms with E-state index in [1.165, 1.54) is 11.3 Å². The monoisotopic (exact) mass is 204 g/mol. The molecule has 1 saturated heterocycles. The Morgan fingerprint density at radius 2 is 2.33 bits per heavy atom. The number of ether oxygens (including phenoxy) is 1. The number of nitrogens with zero attached hydrogens (tertiary/aromatic N) is 1. The largest absolute Gasteiger partial charge is 0.397 e. The molecule has 1 aromatic rings. The van der Waals surface area contributed by atoms with Gasteiger partial charge in [-0.05, 0) is 24.5 Å². The first kappa shape index (κ1) is 9.04. The maximum atomic E-state index is 6.05. The van der Waals surface area contributed by atoms with Crippen LogP contribution in [0.4, 0.5) is 11.4 Å². The van der Waals surface area contributed by atoms with Crippen molar-refractivity contribution in [2.24, 2.45) is 0 Å². The lowest BCUT2D eigenvalue weighted by atomic mass is 10.1. The van der Waals surface area contributed by atoms with Crippen LogP contribution >= 0.6 is 0 Å². The molecular weight excluding hydrogens is 188 g/mol. The Morgan fingerprint density at radius 1 is 1.40 bits per heavy atom. The summed E-state index contributed by atoms with van der Waals surface area (Å²) in [6.45, 7) is 2.84. The summed E-state index contributed by atoms with van der Waals surface area (Å²) in [5.74, 6) is 0. The zero-order valence-electron chi connectivity index (χ0n) is 8.78. The van der Waals surface area contributed by atoms with Gasteiger partial charge in [0.2, 0.25) is 0 Å². The number of rotatable bonds is 1. The predicted octanol–water partition coefficient (Wildman–Crippen LogP) is 1.42. The number of anilines is 2. The van der Waals surface area contributed by atoms with Crippen LogP contribution in [0.3, 0.4) is 0 Å². The molecule has 2 N–H and O–H groups in total. The number of nitrogen functional groups attached to an aromatic ring is 1. The van der Waals surface area contributed by atoms with Crippen LogP contribution in [-0.2, 0) is 11.2 Å². The Morgan fingerprint density at radius 3 is 3.13 bits per heavy atom. The van der Waals surface area contributed by atoms with Gasteiger partial charge in [-0.25, -0.2) is 0 Å². The molecule has 3 rings (SSSR count). The van der Waals surface area contributed by atoms with Gasteiger partial charge in [0.1, 0.15) is 0 Å². The summed E-state index contributed by atoms with van der Waals surface area (Å²) in [6.07, 6.45) is 2.25. The quantitative estimate of drug-likeness (QED) is 0.703. The summed E-state index contributed by atoms with van der Waals surface area (Å²) in [5.41, 5.74) is 9.61. The number of para-hydroxylation sites is 1. The fraction of sp³-hybridized carbons (Fsp3) is 0.500. The van der Waals surface area contributed by atoms with E-state index in [4.69, 9.17) is 10.5 Å². The third kappa shape index (κ3) is 1.38. The van der Waals surface area contributed by atoms with Crippen LogP contribution in [-0.4, -0.2) is 25.8 Å². The van der Waals surface area contributed by atoms with Crippen LogP contribution in [0, 0.1) is 0 Å². The molecule has 1 atom stereocenters. The zero-order valence-corrected chi connectivity index (χ0v) is 8.78. The van der Waals surface area contributed by atoms with Gasteiger partial charge in [-0.15, -0.1) is 0 Å². The van der Waals surface area contributed by atoms with Crippen LogP contribution in [0.15, 0.2) is 18.2 Å². The predicted molar refractivity (Wildman–Crippen MR) is 61.1 cm³/mol. The minimum Gasteiger partial charge on any atom is -0.397 e. The lowest BCUT2D eigenvalue weighted by Crippen LogP contribution is -2.34. The average Bonchev–Trinajstić information content (AvgIpc) is 2.85. The SMILES string of the molecule is Nc1cccc2c1N(C1CCOC1)CC2. The molecule has 2 aliphatic heterocycles. The second kappa shape index (κ2) is 3.42. The van der Waals surface area contributed by atoms with Gasteiger partial charge in [0.15, 0.2) is 0 Å². The maximum absolute atomic E-state index is 6.05. The normalized spacial score (nSPS) is 24.5. The Balaban J connectivity index is 1.96. The van der Waals surface area contributed by atoms with Crippen LogP contribution in [0.5, 0.6) is 0 Å². The van der Waals surface area contributed by atoms with Crippen molar-refractivity contribution < 1.29 is 4.74 Å². The highest BCUT2D eigenvalue weighted by molar-refractivity contribution is 5.74. The molecule has 0 spiro atoms. The number of hydrogen-bond donors (Lipinski definition) is 1. The van der Waals surface area contributed by atoms with Crippen molar-refractivity contribution in [2.75, 3.05) is 30.4 Å². The first-order valence-corrected chi connectivity index (χ1v) is 5.58. The number of fused-ring (bicyclic) bond motifs is 1. The van der Waals surface area contributed by atoms with Gasteiger partial charge in [-0.3, -0.25) is 0 Å². The van der Waals surface area contributed by atoms with Crippen LogP contribution in [0.2, 0.25) is 0 Å². The van der Waals surface area contributed by atoms with Crippen molar-refractivity contribution in [2.45, 2.75) is 18.9 Å². The molecule has 1 fully saturated rings. The van der Waals surface area contributed by atoms with Crippen LogP contribution in [0.1, 0.15) is 12.0 Å². The second-order valence-electron chi connectivity index (χ2n) is 4.32. The molecule has 0 radical (unpaired) electrons. The minimum absolute atomic E-state index is 0.538. The Labute approximate surface area is 89.8 Å². The van der Waals surface area contributed by atoms with Gasteiger partial charge >= 0.3 is 0 Å². The third-order valence-corrected chi connectivity index (χ3v) is 3.41. The van der Waals surface area contributed by atoms with E-state index in [1.54, 1.807) is 0 Å². The highest BCUT2D eigenvalue weighted by atomic mass is 16.5. The zero-order chi connectivity index (χ0) is 10.3. The smallest absolute Gasteiger partial charge is 0.0670 e. The standard InChI is InChI=1S/C12H16N2O/c13-11-3-1-2-9-4-6-14(12(9)11)10-5-7-15-8-10/h1-3,10H,4-8,13H2. The lowest BCUT2D eigenvalue weighted by molar-refractivity contribution is 0.193. The molecule has 0 aromatic heterocycles. The molecule has 3 heteroatoms. The molecular formula is C12H16N2O. The Kier molecular flexibility index (Phi) is 2.06. The molecule has 15 heavy (non-hydrogen) atoms. The van der Waals surface area contributed by atoms with Gasteiger partial charge in [0.05, 0.1) is 24.0 Å². The van der Waals surface area contributed by atoms with Gasteiger partial charge in [-0.1, -0.05) is 12.1 Å². The number of nitrogens with two attached hydrogens (primary N) is 1. The molecule has 0 amide bonds. The van der Waals surface area contributed by atoms with Crippen molar-refractivity contribution >= 4 is 11.4 Å². The van der Waals surface area contributed by atoms with E-state index in [-0.39, 0.29) is 0 Å². The van der Waals surface area contributed by atoms with E-state index in [0.717, 1.165) is 38.3 Å². The summed E-state index contributed by atoms with van der Waals surface area (Å²) >= 11 is 0. The first-order chi connectivity index (χ1) is 7.36. The van der Waals surface area contributed by atoms with Crippen LogP contribution < -0.4 is 10.6 Å². The molecule has 0 aliphatic carbocycles. The second-order valence-corrected chi connectivity index (χ2v) is 4.32. The molecule has 1 aromatic carbocycles. The van der Waals surface area contributed by atoms with E-state index < -0.39 is 0 Å². The summed E-state index contributed by atoms with van der Waals surface area (Å²) in [4.78, 5) is 2.43. The molecule has 2 aliphatic rings. The topological polar surface area (TPSA) is 38.5 Å². The lowest BCUT2D eigenvalue weighted by Gasteiger charge is -2.26.